The summed E-state index contributed by atoms with van der Waals surface area (Å²) in [6.45, 7) is 0.542. The topological polar surface area (TPSA) is 12.0 Å². The second kappa shape index (κ2) is 6.05. The number of nitrogens with one attached hydrogen (secondary N) is 1. The Bertz CT molecular complexity index is 576. The Morgan fingerprint density at radius 3 is 2.10 bits per heavy atom. The van der Waals surface area contributed by atoms with Crippen LogP contribution in [-0.2, 0) is 12.7 Å². The lowest BCUT2D eigenvalue weighted by molar-refractivity contribution is -0.137. The first-order chi connectivity index (χ1) is 9.47. The van der Waals surface area contributed by atoms with Gasteiger partial charge in [-0.25, -0.2) is 0 Å². The first-order valence-corrected chi connectivity index (χ1v) is 6.37. The Balaban J connectivity index is 1.99. The maximum absolute atomic E-state index is 12.4. The van der Waals surface area contributed by atoms with Crippen molar-refractivity contribution in [2.75, 3.05) is 0 Å². The Morgan fingerprint density at radius 2 is 1.55 bits per heavy atom. The number of hydrogen-bond donors (Lipinski definition) is 1. The Morgan fingerprint density at radius 1 is 0.950 bits per heavy atom. The third-order valence-corrected chi connectivity index (χ3v) is 3.15. The van der Waals surface area contributed by atoms with Gasteiger partial charge in [-0.3, -0.25) is 0 Å². The van der Waals surface area contributed by atoms with Crippen LogP contribution in [0, 0.1) is 0 Å². The summed E-state index contributed by atoms with van der Waals surface area (Å²) >= 11 is 5.16. The minimum atomic E-state index is -4.32. The van der Waals surface area contributed by atoms with E-state index in [1.807, 2.05) is 30.3 Å². The third-order valence-electron chi connectivity index (χ3n) is 2.77. The summed E-state index contributed by atoms with van der Waals surface area (Å²) in [6.07, 6.45) is -4.32. The van der Waals surface area contributed by atoms with Gasteiger partial charge in [0.05, 0.1) is 5.56 Å². The van der Waals surface area contributed by atoms with Gasteiger partial charge >= 0.3 is 6.18 Å². The van der Waals surface area contributed by atoms with E-state index >= 15 is 0 Å². The van der Waals surface area contributed by atoms with Crippen LogP contribution in [0.4, 0.5) is 13.2 Å². The number of hydrogen-bond acceptors (Lipinski definition) is 1. The summed E-state index contributed by atoms with van der Waals surface area (Å²) in [5.41, 5.74) is 0.956. The van der Waals surface area contributed by atoms with Crippen molar-refractivity contribution in [1.29, 1.82) is 0 Å². The maximum Gasteiger partial charge on any atom is 0.416 e. The molecule has 0 saturated carbocycles. The molecular weight excluding hydrogens is 283 g/mol. The standard InChI is InChI=1S/C15H12F3NS/c16-15(17,18)13-8-6-12(7-9-13)14(20)19-10-11-4-2-1-3-5-11/h1-9H,10H2,(H,19,20). The number of thiocarbonyl (C=S) groups is 1. The van der Waals surface area contributed by atoms with Gasteiger partial charge in [-0.2, -0.15) is 13.2 Å². The predicted molar refractivity (Wildman–Crippen MR) is 76.4 cm³/mol. The van der Waals surface area contributed by atoms with E-state index in [0.717, 1.165) is 17.7 Å². The summed E-state index contributed by atoms with van der Waals surface area (Å²) in [7, 11) is 0. The van der Waals surface area contributed by atoms with E-state index in [1.165, 1.54) is 12.1 Å². The predicted octanol–water partition coefficient (Wildman–Crippen LogP) is 4.17. The van der Waals surface area contributed by atoms with Gasteiger partial charge in [0.25, 0.3) is 0 Å². The molecule has 2 aromatic rings. The van der Waals surface area contributed by atoms with Crippen molar-refractivity contribution in [2.45, 2.75) is 12.7 Å². The zero-order chi connectivity index (χ0) is 14.6. The van der Waals surface area contributed by atoms with Crippen LogP contribution in [0.1, 0.15) is 16.7 Å². The Labute approximate surface area is 120 Å². The molecule has 0 fully saturated rings. The first kappa shape index (κ1) is 14.5. The quantitative estimate of drug-likeness (QED) is 0.853. The number of halogens is 3. The average molecular weight is 295 g/mol. The highest BCUT2D eigenvalue weighted by Gasteiger charge is 2.29. The Kier molecular flexibility index (Phi) is 4.39. The van der Waals surface area contributed by atoms with Crippen LogP contribution in [-0.4, -0.2) is 4.99 Å². The molecule has 0 heterocycles. The fraction of sp³-hybridized carbons (Fsp3) is 0.133. The van der Waals surface area contributed by atoms with Crippen LogP contribution in [0.25, 0.3) is 0 Å². The third kappa shape index (κ3) is 3.81. The lowest BCUT2D eigenvalue weighted by Crippen LogP contribution is -2.21. The highest BCUT2D eigenvalue weighted by atomic mass is 32.1. The van der Waals surface area contributed by atoms with Crippen LogP contribution in [0.2, 0.25) is 0 Å². The smallest absolute Gasteiger partial charge is 0.372 e. The van der Waals surface area contributed by atoms with Crippen LogP contribution >= 0.6 is 12.2 Å². The van der Waals surface area contributed by atoms with Crippen molar-refractivity contribution in [2.24, 2.45) is 0 Å². The van der Waals surface area contributed by atoms with E-state index in [9.17, 15) is 13.2 Å². The molecule has 20 heavy (non-hydrogen) atoms. The zero-order valence-corrected chi connectivity index (χ0v) is 11.3. The average Bonchev–Trinajstić information content (AvgIpc) is 2.45. The molecular formula is C15H12F3NS. The molecule has 0 atom stereocenters. The normalized spacial score (nSPS) is 11.2. The van der Waals surface area contributed by atoms with Crippen molar-refractivity contribution in [3.8, 4) is 0 Å². The van der Waals surface area contributed by atoms with E-state index in [1.54, 1.807) is 0 Å². The lowest BCUT2D eigenvalue weighted by Gasteiger charge is -2.10. The van der Waals surface area contributed by atoms with E-state index in [2.05, 4.69) is 5.32 Å². The monoisotopic (exact) mass is 295 g/mol. The second-order valence-electron chi connectivity index (χ2n) is 4.24. The van der Waals surface area contributed by atoms with Crippen molar-refractivity contribution < 1.29 is 13.2 Å². The fourth-order valence-corrected chi connectivity index (χ4v) is 1.90. The maximum atomic E-state index is 12.4. The molecule has 2 rings (SSSR count). The van der Waals surface area contributed by atoms with Gasteiger partial charge in [-0.1, -0.05) is 54.7 Å². The van der Waals surface area contributed by atoms with Crippen molar-refractivity contribution in [3.05, 3.63) is 71.3 Å². The van der Waals surface area contributed by atoms with Gasteiger partial charge in [-0.05, 0) is 17.7 Å². The molecule has 104 valence electrons. The summed E-state index contributed by atoms with van der Waals surface area (Å²) in [4.78, 5) is 0.433. The fourth-order valence-electron chi connectivity index (χ4n) is 1.69. The largest absolute Gasteiger partial charge is 0.416 e. The van der Waals surface area contributed by atoms with E-state index in [-0.39, 0.29) is 0 Å². The molecule has 1 nitrogen and oxygen atoms in total. The van der Waals surface area contributed by atoms with E-state index in [4.69, 9.17) is 12.2 Å². The molecule has 0 aliphatic carbocycles. The van der Waals surface area contributed by atoms with Crippen LogP contribution in [0.15, 0.2) is 54.6 Å². The van der Waals surface area contributed by atoms with Gasteiger partial charge < -0.3 is 5.32 Å². The van der Waals surface area contributed by atoms with Crippen molar-refractivity contribution >= 4 is 17.2 Å². The lowest BCUT2D eigenvalue weighted by atomic mass is 10.1. The number of benzene rings is 2. The van der Waals surface area contributed by atoms with Crippen LogP contribution in [0.5, 0.6) is 0 Å². The number of alkyl halides is 3. The minimum absolute atomic E-state index is 0.433. The van der Waals surface area contributed by atoms with Crippen LogP contribution < -0.4 is 5.32 Å². The zero-order valence-electron chi connectivity index (χ0n) is 10.4. The first-order valence-electron chi connectivity index (χ1n) is 5.96. The molecule has 0 aliphatic heterocycles. The van der Waals surface area contributed by atoms with Crippen molar-refractivity contribution in [1.82, 2.24) is 5.32 Å². The molecule has 0 aliphatic rings. The SMILES string of the molecule is FC(F)(F)c1ccc(C(=S)NCc2ccccc2)cc1. The summed E-state index contributed by atoms with van der Waals surface area (Å²) in [5.74, 6) is 0. The molecule has 1 N–H and O–H groups in total. The van der Waals surface area contributed by atoms with E-state index in [0.29, 0.717) is 17.1 Å². The van der Waals surface area contributed by atoms with Gasteiger partial charge in [0.1, 0.15) is 4.99 Å². The van der Waals surface area contributed by atoms with Crippen LogP contribution in [0.3, 0.4) is 0 Å². The molecule has 0 unspecified atom stereocenters. The summed E-state index contributed by atoms with van der Waals surface area (Å²) in [6, 6.07) is 14.5. The molecule has 0 amide bonds. The van der Waals surface area contributed by atoms with Gasteiger partial charge in [-0.15, -0.1) is 0 Å². The second-order valence-corrected chi connectivity index (χ2v) is 4.65. The van der Waals surface area contributed by atoms with Gasteiger partial charge in [0.15, 0.2) is 0 Å². The van der Waals surface area contributed by atoms with Crippen molar-refractivity contribution in [3.63, 3.8) is 0 Å². The summed E-state index contributed by atoms with van der Waals surface area (Å²) in [5, 5.41) is 3.02. The van der Waals surface area contributed by atoms with E-state index < -0.39 is 11.7 Å². The minimum Gasteiger partial charge on any atom is -0.372 e. The molecule has 0 aromatic heterocycles. The molecule has 5 heteroatoms. The van der Waals surface area contributed by atoms with Gasteiger partial charge in [0.2, 0.25) is 0 Å². The summed E-state index contributed by atoms with van der Waals surface area (Å²) < 4.78 is 37.3. The highest BCUT2D eigenvalue weighted by Crippen LogP contribution is 2.29. The number of rotatable bonds is 3. The highest BCUT2D eigenvalue weighted by molar-refractivity contribution is 7.80. The molecule has 0 spiro atoms. The Hall–Kier alpha value is -1.88. The van der Waals surface area contributed by atoms with Gasteiger partial charge in [0, 0.05) is 12.1 Å². The molecule has 0 bridgehead atoms. The molecule has 2 aromatic carbocycles. The molecule has 0 radical (unpaired) electrons. The molecule has 0 saturated heterocycles.